The molecule has 1 aliphatic heterocycles. The highest BCUT2D eigenvalue weighted by molar-refractivity contribution is 5.85. The molecule has 168 valence electrons. The number of nitrogens with zero attached hydrogens (tertiary/aromatic N) is 2. The van der Waals surface area contributed by atoms with Crippen molar-refractivity contribution < 1.29 is 9.59 Å². The third-order valence-corrected chi connectivity index (χ3v) is 7.03. The van der Waals surface area contributed by atoms with Gasteiger partial charge in [0.2, 0.25) is 11.8 Å². The van der Waals surface area contributed by atoms with Crippen molar-refractivity contribution >= 4 is 11.8 Å². The van der Waals surface area contributed by atoms with Crippen molar-refractivity contribution in [3.8, 4) is 0 Å². The standard InChI is InChI=1S/C25H41N3O2/c1-6-12-21-13-10-16-25(27(4)5,22-14-8-7-9-15-22)17-11-18-28(19-23(29)26-3)24(30)20(21)2/h7-9,14-15,20-21H,6,10-13,16-19H2,1-5H3,(H,26,29)/t20?,21?,25-/m1/s1. The highest BCUT2D eigenvalue weighted by atomic mass is 16.2. The Morgan fingerprint density at radius 1 is 1.20 bits per heavy atom. The Hall–Kier alpha value is -1.88. The molecule has 1 fully saturated rings. The third kappa shape index (κ3) is 5.84. The Morgan fingerprint density at radius 3 is 2.47 bits per heavy atom. The molecule has 1 saturated heterocycles. The molecule has 2 unspecified atom stereocenters. The van der Waals surface area contributed by atoms with E-state index in [9.17, 15) is 9.59 Å². The lowest BCUT2D eigenvalue weighted by Crippen LogP contribution is -2.45. The zero-order valence-corrected chi connectivity index (χ0v) is 19.6. The van der Waals surface area contributed by atoms with Crippen LogP contribution >= 0.6 is 0 Å². The summed E-state index contributed by atoms with van der Waals surface area (Å²) < 4.78 is 0. The van der Waals surface area contributed by atoms with Gasteiger partial charge in [-0.15, -0.1) is 0 Å². The molecule has 0 saturated carbocycles. The molecule has 2 rings (SSSR count). The van der Waals surface area contributed by atoms with Crippen LogP contribution in [0.2, 0.25) is 0 Å². The van der Waals surface area contributed by atoms with Gasteiger partial charge in [0.1, 0.15) is 0 Å². The molecule has 3 atom stereocenters. The van der Waals surface area contributed by atoms with Crippen LogP contribution < -0.4 is 5.32 Å². The molecule has 1 aromatic carbocycles. The number of hydrogen-bond acceptors (Lipinski definition) is 3. The molecule has 30 heavy (non-hydrogen) atoms. The lowest BCUT2D eigenvalue weighted by molar-refractivity contribution is -0.140. The summed E-state index contributed by atoms with van der Waals surface area (Å²) >= 11 is 0. The molecule has 1 aliphatic rings. The van der Waals surface area contributed by atoms with E-state index in [0.717, 1.165) is 44.9 Å². The van der Waals surface area contributed by atoms with Gasteiger partial charge in [-0.2, -0.15) is 0 Å². The van der Waals surface area contributed by atoms with Gasteiger partial charge in [-0.25, -0.2) is 0 Å². The summed E-state index contributed by atoms with van der Waals surface area (Å²) in [6.45, 7) is 5.03. The maximum atomic E-state index is 13.3. The smallest absolute Gasteiger partial charge is 0.239 e. The van der Waals surface area contributed by atoms with E-state index in [1.807, 2.05) is 0 Å². The molecule has 1 aromatic rings. The Morgan fingerprint density at radius 2 is 1.87 bits per heavy atom. The van der Waals surface area contributed by atoms with Crippen LogP contribution in [0.3, 0.4) is 0 Å². The van der Waals surface area contributed by atoms with Crippen LogP contribution in [-0.2, 0) is 15.1 Å². The van der Waals surface area contributed by atoms with Crippen LogP contribution in [0.4, 0.5) is 0 Å². The van der Waals surface area contributed by atoms with Crippen molar-refractivity contribution in [3.05, 3.63) is 35.9 Å². The first-order chi connectivity index (χ1) is 14.4. The fourth-order valence-corrected chi connectivity index (χ4v) is 5.11. The van der Waals surface area contributed by atoms with Crippen molar-refractivity contribution in [2.45, 2.75) is 64.3 Å². The highest BCUT2D eigenvalue weighted by Crippen LogP contribution is 2.39. The molecular weight excluding hydrogens is 374 g/mol. The number of nitrogens with one attached hydrogen (secondary N) is 1. The molecule has 2 amide bonds. The molecule has 0 radical (unpaired) electrons. The minimum atomic E-state index is -0.0978. The number of likely N-dealkylation sites (N-methyl/N-ethyl adjacent to an activating group) is 1. The second kappa shape index (κ2) is 11.5. The molecule has 5 heteroatoms. The second-order valence-corrected chi connectivity index (χ2v) is 9.06. The zero-order valence-electron chi connectivity index (χ0n) is 19.6. The summed E-state index contributed by atoms with van der Waals surface area (Å²) in [5, 5.41) is 2.68. The van der Waals surface area contributed by atoms with Gasteiger partial charge >= 0.3 is 0 Å². The Labute approximate surface area is 183 Å². The zero-order chi connectivity index (χ0) is 22.1. The van der Waals surface area contributed by atoms with Crippen LogP contribution in [0.5, 0.6) is 0 Å². The lowest BCUT2D eigenvalue weighted by Gasteiger charge is -2.41. The Balaban J connectivity index is 2.37. The van der Waals surface area contributed by atoms with Crippen LogP contribution in [-0.4, -0.2) is 55.8 Å². The van der Waals surface area contributed by atoms with Crippen molar-refractivity contribution in [2.24, 2.45) is 11.8 Å². The number of benzene rings is 1. The molecule has 5 nitrogen and oxygen atoms in total. The summed E-state index contributed by atoms with van der Waals surface area (Å²) in [5.74, 6) is 0.357. The van der Waals surface area contributed by atoms with E-state index in [0.29, 0.717) is 12.5 Å². The van der Waals surface area contributed by atoms with Crippen molar-refractivity contribution in [2.75, 3.05) is 34.2 Å². The molecule has 1 heterocycles. The average molecular weight is 416 g/mol. The summed E-state index contributed by atoms with van der Waals surface area (Å²) in [6.07, 6.45) is 7.22. The van der Waals surface area contributed by atoms with Crippen LogP contribution in [0.25, 0.3) is 0 Å². The first kappa shape index (κ1) is 24.4. The predicted molar refractivity (Wildman–Crippen MR) is 123 cm³/mol. The van der Waals surface area contributed by atoms with Crippen LogP contribution in [0.15, 0.2) is 30.3 Å². The topological polar surface area (TPSA) is 52.6 Å². The molecule has 1 N–H and O–H groups in total. The summed E-state index contributed by atoms with van der Waals surface area (Å²) in [5.41, 5.74) is 1.30. The number of hydrogen-bond donors (Lipinski definition) is 1. The number of carbonyl (C=O) groups is 2. The lowest BCUT2D eigenvalue weighted by atomic mass is 9.78. The molecule has 0 aromatic heterocycles. The first-order valence-electron chi connectivity index (χ1n) is 11.6. The fourth-order valence-electron chi connectivity index (χ4n) is 5.11. The maximum Gasteiger partial charge on any atom is 0.239 e. The first-order valence-corrected chi connectivity index (χ1v) is 11.6. The van der Waals surface area contributed by atoms with Gasteiger partial charge < -0.3 is 10.2 Å². The van der Waals surface area contributed by atoms with E-state index in [-0.39, 0.29) is 29.8 Å². The van der Waals surface area contributed by atoms with E-state index in [2.05, 4.69) is 68.5 Å². The summed E-state index contributed by atoms with van der Waals surface area (Å²) in [4.78, 5) is 29.6. The van der Waals surface area contributed by atoms with Crippen LogP contribution in [0, 0.1) is 11.8 Å². The van der Waals surface area contributed by atoms with Gasteiger partial charge in [-0.05, 0) is 57.7 Å². The van der Waals surface area contributed by atoms with Gasteiger partial charge in [-0.3, -0.25) is 14.5 Å². The maximum absolute atomic E-state index is 13.3. The molecular formula is C25H41N3O2. The summed E-state index contributed by atoms with van der Waals surface area (Å²) in [6, 6.07) is 10.8. The van der Waals surface area contributed by atoms with E-state index in [1.165, 1.54) is 5.56 Å². The van der Waals surface area contributed by atoms with E-state index < -0.39 is 0 Å². The van der Waals surface area contributed by atoms with Crippen molar-refractivity contribution in [1.82, 2.24) is 15.1 Å². The van der Waals surface area contributed by atoms with Gasteiger partial charge in [-0.1, -0.05) is 57.0 Å². The van der Waals surface area contributed by atoms with Gasteiger partial charge in [0.15, 0.2) is 0 Å². The minimum absolute atomic E-state index is 0.0433. The third-order valence-electron chi connectivity index (χ3n) is 7.03. The van der Waals surface area contributed by atoms with Gasteiger partial charge in [0.05, 0.1) is 6.54 Å². The Bertz CT molecular complexity index is 676. The molecule has 0 spiro atoms. The van der Waals surface area contributed by atoms with E-state index >= 15 is 0 Å². The monoisotopic (exact) mass is 415 g/mol. The van der Waals surface area contributed by atoms with Crippen molar-refractivity contribution in [1.29, 1.82) is 0 Å². The van der Waals surface area contributed by atoms with E-state index in [1.54, 1.807) is 11.9 Å². The Kier molecular flexibility index (Phi) is 9.35. The number of rotatable bonds is 6. The fraction of sp³-hybridized carbons (Fsp3) is 0.680. The van der Waals surface area contributed by atoms with Crippen LogP contribution in [0.1, 0.15) is 64.4 Å². The SMILES string of the molecule is CCCC1CCC[C@@](c2ccccc2)(N(C)C)CCCN(CC(=O)NC)C(=O)C1C. The average Bonchev–Trinajstić information content (AvgIpc) is 2.77. The van der Waals surface area contributed by atoms with Gasteiger partial charge in [0.25, 0.3) is 0 Å². The van der Waals surface area contributed by atoms with Crippen molar-refractivity contribution in [3.63, 3.8) is 0 Å². The minimum Gasteiger partial charge on any atom is -0.358 e. The van der Waals surface area contributed by atoms with Gasteiger partial charge in [0, 0.05) is 25.0 Å². The summed E-state index contributed by atoms with van der Waals surface area (Å²) in [7, 11) is 5.98. The number of carbonyl (C=O) groups excluding carboxylic acids is 2. The predicted octanol–water partition coefficient (Wildman–Crippen LogP) is 4.03. The second-order valence-electron chi connectivity index (χ2n) is 9.06. The quantitative estimate of drug-likeness (QED) is 0.763. The molecule has 0 aliphatic carbocycles. The normalized spacial score (nSPS) is 26.3. The largest absolute Gasteiger partial charge is 0.358 e. The highest BCUT2D eigenvalue weighted by Gasteiger charge is 2.36. The number of amides is 2. The molecule has 0 bridgehead atoms. The van der Waals surface area contributed by atoms with E-state index in [4.69, 9.17) is 0 Å².